The molecule has 0 amide bonds. The molecule has 2 aromatic rings. The lowest BCUT2D eigenvalue weighted by Crippen LogP contribution is -2.23. The fourth-order valence-corrected chi connectivity index (χ4v) is 2.71. The van der Waals surface area contributed by atoms with Crippen LogP contribution in [0.25, 0.3) is 0 Å². The van der Waals surface area contributed by atoms with Crippen molar-refractivity contribution in [1.29, 1.82) is 0 Å². The normalized spacial score (nSPS) is 12.2. The van der Waals surface area contributed by atoms with Crippen LogP contribution in [0.4, 0.5) is 5.69 Å². The first-order chi connectivity index (χ1) is 9.54. The maximum atomic E-state index is 9.55. The fourth-order valence-electron chi connectivity index (χ4n) is 2.42. The Morgan fingerprint density at radius 3 is 2.55 bits per heavy atom. The lowest BCUT2D eigenvalue weighted by atomic mass is 10.0. The average molecular weight is 290 g/mol. The first kappa shape index (κ1) is 14.9. The molecule has 0 aliphatic heterocycles. The summed E-state index contributed by atoms with van der Waals surface area (Å²) in [7, 11) is 2.03. The van der Waals surface area contributed by atoms with E-state index in [1.165, 1.54) is 0 Å². The molecule has 0 fully saturated rings. The van der Waals surface area contributed by atoms with E-state index in [4.69, 9.17) is 11.6 Å². The second-order valence-electron chi connectivity index (χ2n) is 5.10. The lowest BCUT2D eigenvalue weighted by Gasteiger charge is -2.30. The summed E-state index contributed by atoms with van der Waals surface area (Å²) in [6, 6.07) is 14.1. The molecule has 1 atom stereocenters. The van der Waals surface area contributed by atoms with Crippen molar-refractivity contribution in [3.63, 3.8) is 0 Å². The highest BCUT2D eigenvalue weighted by Crippen LogP contribution is 2.32. The Labute approximate surface area is 125 Å². The van der Waals surface area contributed by atoms with E-state index in [1.54, 1.807) is 0 Å². The summed E-state index contributed by atoms with van der Waals surface area (Å²) >= 11 is 6.27. The van der Waals surface area contributed by atoms with Crippen LogP contribution in [0.2, 0.25) is 5.02 Å². The van der Waals surface area contributed by atoms with E-state index in [9.17, 15) is 5.11 Å². The topological polar surface area (TPSA) is 23.5 Å². The summed E-state index contributed by atoms with van der Waals surface area (Å²) < 4.78 is 0. The molecular weight excluding hydrogens is 270 g/mol. The second kappa shape index (κ2) is 6.29. The average Bonchev–Trinajstić information content (AvgIpc) is 2.46. The molecule has 2 rings (SSSR count). The molecule has 0 saturated carbocycles. The first-order valence-electron chi connectivity index (χ1n) is 6.72. The van der Waals surface area contributed by atoms with Gasteiger partial charge in [0.1, 0.15) is 0 Å². The number of aryl methyl sites for hydroxylation is 1. The van der Waals surface area contributed by atoms with Crippen LogP contribution in [-0.4, -0.2) is 12.2 Å². The molecule has 0 aromatic heterocycles. The molecule has 2 aromatic carbocycles. The first-order valence-corrected chi connectivity index (χ1v) is 7.10. The van der Waals surface area contributed by atoms with Crippen molar-refractivity contribution < 1.29 is 5.11 Å². The van der Waals surface area contributed by atoms with Crippen LogP contribution in [0.1, 0.15) is 29.7 Å². The van der Waals surface area contributed by atoms with Gasteiger partial charge in [-0.25, -0.2) is 0 Å². The molecule has 106 valence electrons. The third-order valence-corrected chi connectivity index (χ3v) is 4.07. The molecule has 20 heavy (non-hydrogen) atoms. The Morgan fingerprint density at radius 2 is 1.90 bits per heavy atom. The minimum Gasteiger partial charge on any atom is -0.392 e. The van der Waals surface area contributed by atoms with Crippen LogP contribution in [0.15, 0.2) is 42.5 Å². The SMILES string of the molecule is Cc1ccc(N(C)C(C)c2ccccc2Cl)c(CO)c1. The van der Waals surface area contributed by atoms with Crippen LogP contribution < -0.4 is 4.90 Å². The van der Waals surface area contributed by atoms with Crippen molar-refractivity contribution in [3.8, 4) is 0 Å². The zero-order chi connectivity index (χ0) is 14.7. The van der Waals surface area contributed by atoms with E-state index in [0.29, 0.717) is 0 Å². The zero-order valence-electron chi connectivity index (χ0n) is 12.1. The lowest BCUT2D eigenvalue weighted by molar-refractivity contribution is 0.282. The molecule has 1 N–H and O–H groups in total. The highest BCUT2D eigenvalue weighted by molar-refractivity contribution is 6.31. The number of benzene rings is 2. The molecule has 0 aliphatic rings. The molecule has 0 radical (unpaired) electrons. The Bertz CT molecular complexity index is 597. The monoisotopic (exact) mass is 289 g/mol. The molecule has 0 spiro atoms. The fraction of sp³-hybridized carbons (Fsp3) is 0.294. The molecular formula is C17H20ClNO. The third kappa shape index (κ3) is 2.97. The summed E-state index contributed by atoms with van der Waals surface area (Å²) in [5.41, 5.74) is 4.20. The standard InChI is InChI=1S/C17H20ClNO/c1-12-8-9-17(14(10-12)11-20)19(3)13(2)15-6-4-5-7-16(15)18/h4-10,13,20H,11H2,1-3H3. The van der Waals surface area contributed by atoms with Gasteiger partial charge in [0.15, 0.2) is 0 Å². The van der Waals surface area contributed by atoms with Crippen molar-refractivity contribution in [2.45, 2.75) is 26.5 Å². The minimum absolute atomic E-state index is 0.0383. The van der Waals surface area contributed by atoms with Gasteiger partial charge in [-0.15, -0.1) is 0 Å². The quantitative estimate of drug-likeness (QED) is 0.905. The Morgan fingerprint density at radius 1 is 1.20 bits per heavy atom. The number of aliphatic hydroxyl groups excluding tert-OH is 1. The van der Waals surface area contributed by atoms with Gasteiger partial charge in [0.25, 0.3) is 0 Å². The number of anilines is 1. The van der Waals surface area contributed by atoms with Crippen molar-refractivity contribution in [1.82, 2.24) is 0 Å². The van der Waals surface area contributed by atoms with Crippen molar-refractivity contribution >= 4 is 17.3 Å². The summed E-state index contributed by atoms with van der Waals surface area (Å²) in [5, 5.41) is 10.3. The van der Waals surface area contributed by atoms with Gasteiger partial charge >= 0.3 is 0 Å². The van der Waals surface area contributed by atoms with Crippen LogP contribution >= 0.6 is 11.6 Å². The van der Waals surface area contributed by atoms with Gasteiger partial charge in [-0.3, -0.25) is 0 Å². The zero-order valence-corrected chi connectivity index (χ0v) is 12.9. The van der Waals surface area contributed by atoms with E-state index in [0.717, 1.165) is 27.4 Å². The van der Waals surface area contributed by atoms with E-state index >= 15 is 0 Å². The molecule has 0 aliphatic carbocycles. The predicted molar refractivity (Wildman–Crippen MR) is 85.4 cm³/mol. The van der Waals surface area contributed by atoms with Crippen molar-refractivity contribution in [2.24, 2.45) is 0 Å². The van der Waals surface area contributed by atoms with Crippen LogP contribution in [0.5, 0.6) is 0 Å². The molecule has 1 unspecified atom stereocenters. The van der Waals surface area contributed by atoms with Gasteiger partial charge in [0, 0.05) is 23.3 Å². The smallest absolute Gasteiger partial charge is 0.0702 e. The molecule has 2 nitrogen and oxygen atoms in total. The van der Waals surface area contributed by atoms with Crippen molar-refractivity contribution in [3.05, 3.63) is 64.2 Å². The number of halogens is 1. The summed E-state index contributed by atoms with van der Waals surface area (Å²) in [6.45, 7) is 4.18. The number of rotatable bonds is 4. The Kier molecular flexibility index (Phi) is 4.69. The highest BCUT2D eigenvalue weighted by atomic mass is 35.5. The van der Waals surface area contributed by atoms with Crippen LogP contribution in [0.3, 0.4) is 0 Å². The number of aliphatic hydroxyl groups is 1. The second-order valence-corrected chi connectivity index (χ2v) is 5.51. The molecule has 0 saturated heterocycles. The molecule has 3 heteroatoms. The van der Waals surface area contributed by atoms with Gasteiger partial charge in [-0.2, -0.15) is 0 Å². The van der Waals surface area contributed by atoms with E-state index in [2.05, 4.69) is 17.9 Å². The van der Waals surface area contributed by atoms with Gasteiger partial charge in [-0.05, 0) is 31.5 Å². The molecule has 0 heterocycles. The maximum Gasteiger partial charge on any atom is 0.0702 e. The van der Waals surface area contributed by atoms with E-state index in [-0.39, 0.29) is 12.6 Å². The largest absolute Gasteiger partial charge is 0.392 e. The van der Waals surface area contributed by atoms with Gasteiger partial charge in [-0.1, -0.05) is 47.5 Å². The molecule has 0 bridgehead atoms. The van der Waals surface area contributed by atoms with Gasteiger partial charge in [0.2, 0.25) is 0 Å². The number of hydrogen-bond acceptors (Lipinski definition) is 2. The van der Waals surface area contributed by atoms with E-state index < -0.39 is 0 Å². The number of nitrogens with zero attached hydrogens (tertiary/aromatic N) is 1. The highest BCUT2D eigenvalue weighted by Gasteiger charge is 2.17. The van der Waals surface area contributed by atoms with Gasteiger partial charge < -0.3 is 10.0 Å². The van der Waals surface area contributed by atoms with E-state index in [1.807, 2.05) is 50.4 Å². The predicted octanol–water partition coefficient (Wildman–Crippen LogP) is 4.34. The van der Waals surface area contributed by atoms with Gasteiger partial charge in [0.05, 0.1) is 12.6 Å². The Hall–Kier alpha value is -1.51. The Balaban J connectivity index is 2.36. The maximum absolute atomic E-state index is 9.55. The minimum atomic E-state index is 0.0383. The van der Waals surface area contributed by atoms with Crippen LogP contribution in [-0.2, 0) is 6.61 Å². The summed E-state index contributed by atoms with van der Waals surface area (Å²) in [4.78, 5) is 2.15. The van der Waals surface area contributed by atoms with Crippen molar-refractivity contribution in [2.75, 3.05) is 11.9 Å². The summed E-state index contributed by atoms with van der Waals surface area (Å²) in [5.74, 6) is 0. The van der Waals surface area contributed by atoms with Crippen LogP contribution in [0, 0.1) is 6.92 Å². The summed E-state index contributed by atoms with van der Waals surface area (Å²) in [6.07, 6.45) is 0. The third-order valence-electron chi connectivity index (χ3n) is 3.72. The number of hydrogen-bond donors (Lipinski definition) is 1.